The van der Waals surface area contributed by atoms with Gasteiger partial charge in [0.25, 0.3) is 0 Å². The zero-order valence-corrected chi connectivity index (χ0v) is 42.3. The molecule has 372 valence electrons. The van der Waals surface area contributed by atoms with E-state index in [2.05, 4.69) is 117 Å². The van der Waals surface area contributed by atoms with Crippen LogP contribution >= 0.6 is 0 Å². The van der Waals surface area contributed by atoms with Gasteiger partial charge in [-0.05, 0) is 89.9 Å². The number of allylic oxidation sites excluding steroid dienone is 16. The minimum absolute atomic E-state index is 0.0279. The summed E-state index contributed by atoms with van der Waals surface area (Å²) >= 11 is 0. The predicted molar refractivity (Wildman–Crippen MR) is 282 cm³/mol. The number of nitrogens with one attached hydrogen (secondary N) is 1. The third-order valence-corrected chi connectivity index (χ3v) is 11.7. The zero-order chi connectivity index (χ0) is 47.4. The smallest absolute Gasteiger partial charge is 0.306 e. The number of aliphatic hydroxyl groups is 2. The molecule has 0 aliphatic rings. The standard InChI is InChI=1S/C59H101NO5/c1-4-7-10-13-16-19-22-25-28-30-33-36-39-42-45-48-51-57(62)56(54-61)60-58(63)53-55(50-47-44-41-38-35-32-27-24-21-18-15-12-9-6-3)65-59(64)52-49-46-43-40-37-34-31-29-26-23-20-17-14-11-8-5-2/h8-9,11-12,17-18,20-21,26-27,29,32,34,37,43,46,55-57,61-62H,4-7,10,13-16,19,22-25,28,30-31,33,35-36,38-42,44-45,47-54H2,1-3H3,(H,60,63)/b11-8+,12-9+,20-17+,21-18+,29-26+,32-27+,37-34+,46-43+. The molecule has 3 atom stereocenters. The van der Waals surface area contributed by atoms with Gasteiger partial charge in [-0.2, -0.15) is 0 Å². The van der Waals surface area contributed by atoms with Crippen molar-refractivity contribution in [3.8, 4) is 0 Å². The van der Waals surface area contributed by atoms with Crippen LogP contribution < -0.4 is 5.32 Å². The summed E-state index contributed by atoms with van der Waals surface area (Å²) in [6.07, 6.45) is 69.1. The molecule has 3 N–H and O–H groups in total. The van der Waals surface area contributed by atoms with Gasteiger partial charge in [-0.25, -0.2) is 0 Å². The van der Waals surface area contributed by atoms with Gasteiger partial charge in [0.15, 0.2) is 0 Å². The Morgan fingerprint density at radius 2 is 0.831 bits per heavy atom. The maximum Gasteiger partial charge on any atom is 0.306 e. The molecule has 0 aromatic rings. The molecule has 0 aromatic heterocycles. The van der Waals surface area contributed by atoms with Crippen LogP contribution in [0.25, 0.3) is 0 Å². The van der Waals surface area contributed by atoms with E-state index in [1.807, 2.05) is 6.08 Å². The summed E-state index contributed by atoms with van der Waals surface area (Å²) in [5, 5.41) is 23.8. The van der Waals surface area contributed by atoms with Crippen LogP contribution in [0.3, 0.4) is 0 Å². The Balaban J connectivity index is 4.69. The van der Waals surface area contributed by atoms with Gasteiger partial charge in [-0.3, -0.25) is 9.59 Å². The molecule has 0 saturated heterocycles. The molecule has 0 radical (unpaired) electrons. The van der Waals surface area contributed by atoms with Crippen molar-refractivity contribution >= 4 is 11.9 Å². The van der Waals surface area contributed by atoms with E-state index < -0.39 is 18.2 Å². The van der Waals surface area contributed by atoms with E-state index >= 15 is 0 Å². The molecule has 0 aliphatic heterocycles. The molecule has 0 bridgehead atoms. The lowest BCUT2D eigenvalue weighted by molar-refractivity contribution is -0.150. The van der Waals surface area contributed by atoms with Crippen LogP contribution in [0, 0.1) is 0 Å². The molecular weight excluding hydrogens is 803 g/mol. The van der Waals surface area contributed by atoms with Gasteiger partial charge in [0.1, 0.15) is 6.10 Å². The summed E-state index contributed by atoms with van der Waals surface area (Å²) in [6, 6.07) is -0.730. The lowest BCUT2D eigenvalue weighted by atomic mass is 10.0. The van der Waals surface area contributed by atoms with E-state index in [-0.39, 0.29) is 31.3 Å². The second-order valence-electron chi connectivity index (χ2n) is 17.9. The fourth-order valence-electron chi connectivity index (χ4n) is 7.67. The molecule has 65 heavy (non-hydrogen) atoms. The molecule has 0 aliphatic carbocycles. The lowest BCUT2D eigenvalue weighted by Crippen LogP contribution is -2.46. The minimum Gasteiger partial charge on any atom is -0.462 e. The first-order valence-corrected chi connectivity index (χ1v) is 27.0. The van der Waals surface area contributed by atoms with Crippen molar-refractivity contribution in [2.75, 3.05) is 6.61 Å². The lowest BCUT2D eigenvalue weighted by Gasteiger charge is -2.24. The quantitative estimate of drug-likeness (QED) is 0.0321. The highest BCUT2D eigenvalue weighted by Crippen LogP contribution is 2.17. The summed E-state index contributed by atoms with van der Waals surface area (Å²) in [7, 11) is 0. The molecule has 0 heterocycles. The van der Waals surface area contributed by atoms with Crippen molar-refractivity contribution in [3.63, 3.8) is 0 Å². The number of carbonyl (C=O) groups excluding carboxylic acids is 2. The van der Waals surface area contributed by atoms with E-state index in [1.54, 1.807) is 0 Å². The van der Waals surface area contributed by atoms with Crippen LogP contribution in [0.2, 0.25) is 0 Å². The zero-order valence-electron chi connectivity index (χ0n) is 42.3. The van der Waals surface area contributed by atoms with E-state index in [0.717, 1.165) is 103 Å². The highest BCUT2D eigenvalue weighted by atomic mass is 16.5. The van der Waals surface area contributed by atoms with Gasteiger partial charge in [0, 0.05) is 6.42 Å². The molecule has 0 saturated carbocycles. The highest BCUT2D eigenvalue weighted by molar-refractivity contribution is 5.77. The topological polar surface area (TPSA) is 95.9 Å². The van der Waals surface area contributed by atoms with Gasteiger partial charge >= 0.3 is 5.97 Å². The predicted octanol–water partition coefficient (Wildman–Crippen LogP) is 16.5. The normalized spacial score (nSPS) is 14.0. The molecule has 3 unspecified atom stereocenters. The second-order valence-corrected chi connectivity index (χ2v) is 17.9. The number of esters is 1. The van der Waals surface area contributed by atoms with E-state index in [9.17, 15) is 19.8 Å². The number of unbranched alkanes of at least 4 members (excludes halogenated alkanes) is 19. The third-order valence-electron chi connectivity index (χ3n) is 11.7. The summed E-state index contributed by atoms with van der Waals surface area (Å²) in [5.41, 5.74) is 0. The first kappa shape index (κ1) is 61.8. The van der Waals surface area contributed by atoms with E-state index in [4.69, 9.17) is 4.74 Å². The fraction of sp³-hybridized carbons (Fsp3) is 0.695. The van der Waals surface area contributed by atoms with Gasteiger partial charge in [-0.15, -0.1) is 0 Å². The molecular formula is C59H101NO5. The number of rotatable bonds is 47. The first-order chi connectivity index (χ1) is 32.0. The molecule has 0 fully saturated rings. The first-order valence-electron chi connectivity index (χ1n) is 27.0. The average Bonchev–Trinajstić information content (AvgIpc) is 3.30. The van der Waals surface area contributed by atoms with Crippen molar-refractivity contribution < 1.29 is 24.5 Å². The van der Waals surface area contributed by atoms with Crippen LogP contribution in [0.1, 0.15) is 239 Å². The second kappa shape index (κ2) is 51.8. The third kappa shape index (κ3) is 47.1. The highest BCUT2D eigenvalue weighted by Gasteiger charge is 2.24. The van der Waals surface area contributed by atoms with Crippen LogP contribution in [-0.2, 0) is 14.3 Å². The molecule has 0 rings (SSSR count). The largest absolute Gasteiger partial charge is 0.462 e. The van der Waals surface area contributed by atoms with Gasteiger partial charge in [0.2, 0.25) is 5.91 Å². The van der Waals surface area contributed by atoms with Gasteiger partial charge < -0.3 is 20.3 Å². The van der Waals surface area contributed by atoms with Crippen molar-refractivity contribution in [2.45, 2.75) is 257 Å². The van der Waals surface area contributed by atoms with Crippen molar-refractivity contribution in [2.24, 2.45) is 0 Å². The number of carbonyl (C=O) groups is 2. The number of aliphatic hydroxyl groups excluding tert-OH is 2. The van der Waals surface area contributed by atoms with Gasteiger partial charge in [-0.1, -0.05) is 234 Å². The average molecular weight is 904 g/mol. The maximum atomic E-state index is 13.2. The molecule has 0 spiro atoms. The van der Waals surface area contributed by atoms with Crippen molar-refractivity contribution in [3.05, 3.63) is 97.2 Å². The Kier molecular flexibility index (Phi) is 49.2. The SMILES string of the molecule is CC/C=C/C/C=C/C/C=C/C/C=C/C/C=C/CCC(=O)OC(CCCCCC/C=C/C/C=C/C/C=C/CC)CC(=O)NC(CO)C(O)CCCCCCCCCCCCCCCCCC. The van der Waals surface area contributed by atoms with E-state index in [0.29, 0.717) is 19.3 Å². The summed E-state index contributed by atoms with van der Waals surface area (Å²) < 4.78 is 5.89. The molecule has 1 amide bonds. The number of hydrogen-bond acceptors (Lipinski definition) is 5. The molecule has 0 aromatic carbocycles. The summed E-state index contributed by atoms with van der Waals surface area (Å²) in [6.45, 7) is 6.24. The summed E-state index contributed by atoms with van der Waals surface area (Å²) in [5.74, 6) is -0.599. The Morgan fingerprint density at radius 1 is 0.462 bits per heavy atom. The van der Waals surface area contributed by atoms with Crippen LogP contribution in [-0.4, -0.2) is 46.9 Å². The van der Waals surface area contributed by atoms with E-state index in [1.165, 1.54) is 83.5 Å². The Labute approximate surface area is 401 Å². The van der Waals surface area contributed by atoms with Crippen LogP contribution in [0.4, 0.5) is 0 Å². The molecule has 6 heteroatoms. The number of ether oxygens (including phenoxy) is 1. The number of hydrogen-bond donors (Lipinski definition) is 3. The van der Waals surface area contributed by atoms with Crippen LogP contribution in [0.5, 0.6) is 0 Å². The van der Waals surface area contributed by atoms with Crippen molar-refractivity contribution in [1.29, 1.82) is 0 Å². The Hall–Kier alpha value is -3.22. The van der Waals surface area contributed by atoms with Crippen LogP contribution in [0.15, 0.2) is 97.2 Å². The fourth-order valence-corrected chi connectivity index (χ4v) is 7.67. The monoisotopic (exact) mass is 904 g/mol. The molecule has 6 nitrogen and oxygen atoms in total. The van der Waals surface area contributed by atoms with Gasteiger partial charge in [0.05, 0.1) is 25.2 Å². The minimum atomic E-state index is -0.812. The van der Waals surface area contributed by atoms with Crippen molar-refractivity contribution in [1.82, 2.24) is 5.32 Å². The Morgan fingerprint density at radius 3 is 1.26 bits per heavy atom. The maximum absolute atomic E-state index is 13.2. The summed E-state index contributed by atoms with van der Waals surface area (Å²) in [4.78, 5) is 26.2. The number of amides is 1. The Bertz CT molecular complexity index is 1290.